The zero-order chi connectivity index (χ0) is 9.97. The molecule has 3 heteroatoms. The molecule has 72 valence electrons. The van der Waals surface area contributed by atoms with Gasteiger partial charge in [-0.05, 0) is 11.6 Å². The van der Waals surface area contributed by atoms with Crippen LogP contribution in [0.15, 0.2) is 36.7 Å². The van der Waals surface area contributed by atoms with Crippen LogP contribution in [0.4, 0.5) is 0 Å². The molecule has 0 fully saturated rings. The summed E-state index contributed by atoms with van der Waals surface area (Å²) in [7, 11) is 0. The van der Waals surface area contributed by atoms with Gasteiger partial charge in [-0.2, -0.15) is 0 Å². The molecule has 0 bridgehead atoms. The Bertz CT molecular complexity index is 409. The summed E-state index contributed by atoms with van der Waals surface area (Å²) in [5.74, 6) is 1.15. The van der Waals surface area contributed by atoms with Crippen LogP contribution >= 0.6 is 11.6 Å². The van der Waals surface area contributed by atoms with Crippen molar-refractivity contribution in [3.63, 3.8) is 0 Å². The van der Waals surface area contributed by atoms with Crippen molar-refractivity contribution < 1.29 is 0 Å². The highest BCUT2D eigenvalue weighted by molar-refractivity contribution is 6.31. The van der Waals surface area contributed by atoms with Gasteiger partial charge in [-0.3, -0.25) is 0 Å². The number of imidazole rings is 1. The van der Waals surface area contributed by atoms with E-state index in [0.29, 0.717) is 0 Å². The molecule has 0 radical (unpaired) electrons. The van der Waals surface area contributed by atoms with Gasteiger partial charge >= 0.3 is 0 Å². The summed E-state index contributed by atoms with van der Waals surface area (Å²) in [5, 5.41) is 0.788. The molecule has 2 rings (SSSR count). The summed E-state index contributed by atoms with van der Waals surface area (Å²) in [4.78, 5) is 7.31. The van der Waals surface area contributed by atoms with E-state index in [2.05, 4.69) is 16.9 Å². The molecule has 2 aromatic rings. The fourth-order valence-electron chi connectivity index (χ4n) is 1.49. The van der Waals surface area contributed by atoms with Crippen LogP contribution in [0.1, 0.15) is 24.2 Å². The van der Waals surface area contributed by atoms with Gasteiger partial charge in [0.05, 0.1) is 0 Å². The van der Waals surface area contributed by atoms with Crippen LogP contribution in [0, 0.1) is 0 Å². The third-order valence-electron chi connectivity index (χ3n) is 2.30. The summed E-state index contributed by atoms with van der Waals surface area (Å²) in [5.41, 5.74) is 1.10. The minimum Gasteiger partial charge on any atom is -0.348 e. The van der Waals surface area contributed by atoms with Crippen LogP contribution in [0.2, 0.25) is 5.02 Å². The first-order valence-corrected chi connectivity index (χ1v) is 4.90. The molecular weight excluding hydrogens is 196 g/mol. The van der Waals surface area contributed by atoms with Crippen LogP contribution in [-0.4, -0.2) is 9.97 Å². The minimum absolute atomic E-state index is 0.207. The topological polar surface area (TPSA) is 28.7 Å². The van der Waals surface area contributed by atoms with E-state index in [1.165, 1.54) is 0 Å². The lowest BCUT2D eigenvalue weighted by Crippen LogP contribution is -1.98. The Morgan fingerprint density at radius 1 is 1.36 bits per heavy atom. The average molecular weight is 207 g/mol. The fraction of sp³-hybridized carbons (Fsp3) is 0.182. The van der Waals surface area contributed by atoms with E-state index in [9.17, 15) is 0 Å². The molecule has 0 amide bonds. The zero-order valence-electron chi connectivity index (χ0n) is 7.87. The standard InChI is InChI=1S/C11H11ClN2/c1-8(11-13-6-7-14-11)9-4-2-3-5-10(9)12/h2-8H,1H3,(H,13,14). The van der Waals surface area contributed by atoms with Gasteiger partial charge in [0.2, 0.25) is 0 Å². The van der Waals surface area contributed by atoms with E-state index in [-0.39, 0.29) is 5.92 Å². The molecule has 0 saturated carbocycles. The Morgan fingerprint density at radius 3 is 2.79 bits per heavy atom. The largest absolute Gasteiger partial charge is 0.348 e. The molecule has 0 aliphatic carbocycles. The lowest BCUT2D eigenvalue weighted by molar-refractivity contribution is 0.840. The van der Waals surface area contributed by atoms with Crippen molar-refractivity contribution in [1.29, 1.82) is 0 Å². The van der Waals surface area contributed by atoms with Crippen LogP contribution in [0.5, 0.6) is 0 Å². The molecule has 0 saturated heterocycles. The Hall–Kier alpha value is -1.28. The maximum Gasteiger partial charge on any atom is 0.113 e. The van der Waals surface area contributed by atoms with Crippen LogP contribution in [0.3, 0.4) is 0 Å². The third-order valence-corrected chi connectivity index (χ3v) is 2.65. The molecular formula is C11H11ClN2. The number of aromatic amines is 1. The van der Waals surface area contributed by atoms with E-state index >= 15 is 0 Å². The number of aromatic nitrogens is 2. The van der Waals surface area contributed by atoms with Crippen molar-refractivity contribution in [2.75, 3.05) is 0 Å². The Labute approximate surface area is 88.0 Å². The van der Waals surface area contributed by atoms with Crippen molar-refractivity contribution in [2.24, 2.45) is 0 Å². The number of nitrogens with one attached hydrogen (secondary N) is 1. The second-order valence-electron chi connectivity index (χ2n) is 3.22. The number of rotatable bonds is 2. The molecule has 14 heavy (non-hydrogen) atoms. The molecule has 0 aliphatic heterocycles. The molecule has 1 unspecified atom stereocenters. The van der Waals surface area contributed by atoms with Crippen molar-refractivity contribution in [1.82, 2.24) is 9.97 Å². The highest BCUT2D eigenvalue weighted by Crippen LogP contribution is 2.27. The predicted octanol–water partition coefficient (Wildman–Crippen LogP) is 3.21. The van der Waals surface area contributed by atoms with Crippen LogP contribution in [-0.2, 0) is 0 Å². The minimum atomic E-state index is 0.207. The summed E-state index contributed by atoms with van der Waals surface area (Å²) < 4.78 is 0. The Balaban J connectivity index is 2.37. The van der Waals surface area contributed by atoms with Gasteiger partial charge in [0, 0.05) is 23.3 Å². The molecule has 1 heterocycles. The van der Waals surface area contributed by atoms with E-state index in [1.807, 2.05) is 30.5 Å². The quantitative estimate of drug-likeness (QED) is 0.803. The average Bonchev–Trinajstić information content (AvgIpc) is 2.70. The summed E-state index contributed by atoms with van der Waals surface area (Å²) in [6.45, 7) is 2.08. The number of H-pyrrole nitrogens is 1. The van der Waals surface area contributed by atoms with Gasteiger partial charge in [-0.25, -0.2) is 4.98 Å². The normalized spacial score (nSPS) is 12.7. The van der Waals surface area contributed by atoms with Gasteiger partial charge in [0.1, 0.15) is 5.82 Å². The molecule has 1 N–H and O–H groups in total. The third kappa shape index (κ3) is 1.66. The highest BCUT2D eigenvalue weighted by Gasteiger charge is 2.12. The predicted molar refractivity (Wildman–Crippen MR) is 57.6 cm³/mol. The monoisotopic (exact) mass is 206 g/mol. The SMILES string of the molecule is CC(c1ncc[nH]1)c1ccccc1Cl. The number of benzene rings is 1. The number of hydrogen-bond acceptors (Lipinski definition) is 1. The van der Waals surface area contributed by atoms with Crippen molar-refractivity contribution >= 4 is 11.6 Å². The maximum absolute atomic E-state index is 6.09. The van der Waals surface area contributed by atoms with Gasteiger partial charge in [-0.15, -0.1) is 0 Å². The fourth-order valence-corrected chi connectivity index (χ4v) is 1.79. The van der Waals surface area contributed by atoms with Crippen molar-refractivity contribution in [3.8, 4) is 0 Å². The van der Waals surface area contributed by atoms with Crippen LogP contribution < -0.4 is 0 Å². The van der Waals surface area contributed by atoms with Gasteiger partial charge in [0.15, 0.2) is 0 Å². The zero-order valence-corrected chi connectivity index (χ0v) is 8.62. The van der Waals surface area contributed by atoms with Crippen molar-refractivity contribution in [2.45, 2.75) is 12.8 Å². The van der Waals surface area contributed by atoms with Gasteiger partial charge in [0.25, 0.3) is 0 Å². The number of nitrogens with zero attached hydrogens (tertiary/aromatic N) is 1. The number of halogens is 1. The van der Waals surface area contributed by atoms with Crippen molar-refractivity contribution in [3.05, 3.63) is 53.1 Å². The molecule has 1 aromatic heterocycles. The van der Waals surface area contributed by atoms with E-state index in [4.69, 9.17) is 11.6 Å². The molecule has 1 aromatic carbocycles. The van der Waals surface area contributed by atoms with Gasteiger partial charge < -0.3 is 4.98 Å². The first-order chi connectivity index (χ1) is 6.79. The first-order valence-electron chi connectivity index (χ1n) is 4.52. The number of hydrogen-bond donors (Lipinski definition) is 1. The summed E-state index contributed by atoms with van der Waals surface area (Å²) in [6.07, 6.45) is 3.57. The summed E-state index contributed by atoms with van der Waals surface area (Å²) in [6, 6.07) is 7.84. The maximum atomic E-state index is 6.09. The van der Waals surface area contributed by atoms with Gasteiger partial charge in [-0.1, -0.05) is 36.7 Å². The van der Waals surface area contributed by atoms with E-state index < -0.39 is 0 Å². The lowest BCUT2D eigenvalue weighted by atomic mass is 10.0. The summed E-state index contributed by atoms with van der Waals surface area (Å²) >= 11 is 6.09. The second kappa shape index (κ2) is 3.84. The Morgan fingerprint density at radius 2 is 2.14 bits per heavy atom. The molecule has 0 aliphatic rings. The lowest BCUT2D eigenvalue weighted by Gasteiger charge is -2.10. The second-order valence-corrected chi connectivity index (χ2v) is 3.62. The first kappa shape index (κ1) is 9.28. The molecule has 2 nitrogen and oxygen atoms in total. The Kier molecular flexibility index (Phi) is 2.55. The molecule has 0 spiro atoms. The smallest absolute Gasteiger partial charge is 0.113 e. The highest BCUT2D eigenvalue weighted by atomic mass is 35.5. The van der Waals surface area contributed by atoms with Crippen LogP contribution in [0.25, 0.3) is 0 Å². The van der Waals surface area contributed by atoms with E-state index in [1.54, 1.807) is 6.20 Å². The molecule has 1 atom stereocenters. The van der Waals surface area contributed by atoms with E-state index in [0.717, 1.165) is 16.4 Å².